The number of carbonyl (C=O) groups is 1. The summed E-state index contributed by atoms with van der Waals surface area (Å²) in [6, 6.07) is 15.6. The molecule has 0 atom stereocenters. The Morgan fingerprint density at radius 3 is 2.37 bits per heavy atom. The number of nitrogens with one attached hydrogen (secondary N) is 2. The Morgan fingerprint density at radius 2 is 1.70 bits per heavy atom. The summed E-state index contributed by atoms with van der Waals surface area (Å²) in [4.78, 5) is 15.4. The van der Waals surface area contributed by atoms with Crippen molar-refractivity contribution in [2.45, 2.75) is 24.2 Å². The van der Waals surface area contributed by atoms with Crippen LogP contribution in [0.5, 0.6) is 0 Å². The molecule has 0 unspecified atom stereocenters. The standard InChI is InChI=1S/C20H22ClN3OS2/c21-15-4-10-18(11-5-15)27-14-19(25)23-20(26)22-16-6-8-17(9-7-16)24-12-2-1-3-13-24/h4-11H,1-3,12-14H2,(H2,22,23,25,26). The molecule has 1 amide bonds. The van der Waals surface area contributed by atoms with Crippen molar-refractivity contribution in [1.29, 1.82) is 0 Å². The van der Waals surface area contributed by atoms with E-state index in [1.807, 2.05) is 36.4 Å². The first-order valence-corrected chi connectivity index (χ1v) is 10.7. The first kappa shape index (κ1) is 20.0. The molecule has 1 aliphatic rings. The molecule has 142 valence electrons. The molecular formula is C20H22ClN3OS2. The summed E-state index contributed by atoms with van der Waals surface area (Å²) in [7, 11) is 0. The number of thiocarbonyl (C=S) groups is 1. The number of hydrogen-bond acceptors (Lipinski definition) is 4. The van der Waals surface area contributed by atoms with Crippen LogP contribution in [0.15, 0.2) is 53.4 Å². The summed E-state index contributed by atoms with van der Waals surface area (Å²) in [5, 5.41) is 6.76. The molecule has 1 fully saturated rings. The summed E-state index contributed by atoms with van der Waals surface area (Å²) in [6.45, 7) is 2.24. The number of carbonyl (C=O) groups excluding carboxylic acids is 1. The monoisotopic (exact) mass is 419 g/mol. The van der Waals surface area contributed by atoms with Gasteiger partial charge in [0.15, 0.2) is 5.11 Å². The van der Waals surface area contributed by atoms with Crippen LogP contribution in [0.25, 0.3) is 0 Å². The number of amides is 1. The van der Waals surface area contributed by atoms with Crippen molar-refractivity contribution >= 4 is 58.0 Å². The van der Waals surface area contributed by atoms with Crippen LogP contribution in [0.4, 0.5) is 11.4 Å². The van der Waals surface area contributed by atoms with Crippen LogP contribution in [0, 0.1) is 0 Å². The topological polar surface area (TPSA) is 44.4 Å². The fraction of sp³-hybridized carbons (Fsp3) is 0.300. The number of halogens is 1. The second-order valence-electron chi connectivity index (χ2n) is 6.34. The highest BCUT2D eigenvalue weighted by Crippen LogP contribution is 2.22. The van der Waals surface area contributed by atoms with Gasteiger partial charge in [-0.15, -0.1) is 11.8 Å². The van der Waals surface area contributed by atoms with Gasteiger partial charge in [-0.2, -0.15) is 0 Å². The molecule has 1 aliphatic heterocycles. The highest BCUT2D eigenvalue weighted by Gasteiger charge is 2.11. The van der Waals surface area contributed by atoms with E-state index in [-0.39, 0.29) is 11.7 Å². The van der Waals surface area contributed by atoms with E-state index in [0.717, 1.165) is 23.7 Å². The average Bonchev–Trinajstić information content (AvgIpc) is 2.69. The average molecular weight is 420 g/mol. The van der Waals surface area contributed by atoms with Gasteiger partial charge in [0.1, 0.15) is 0 Å². The molecule has 2 N–H and O–H groups in total. The van der Waals surface area contributed by atoms with E-state index < -0.39 is 0 Å². The number of rotatable bonds is 5. The van der Waals surface area contributed by atoms with Gasteiger partial charge in [-0.25, -0.2) is 0 Å². The van der Waals surface area contributed by atoms with Crippen molar-refractivity contribution in [1.82, 2.24) is 5.32 Å². The summed E-state index contributed by atoms with van der Waals surface area (Å²) in [5.74, 6) is 0.148. The van der Waals surface area contributed by atoms with Crippen molar-refractivity contribution in [3.05, 3.63) is 53.6 Å². The maximum absolute atomic E-state index is 12.1. The lowest BCUT2D eigenvalue weighted by atomic mass is 10.1. The molecule has 0 aliphatic carbocycles. The maximum Gasteiger partial charge on any atom is 0.236 e. The third-order valence-corrected chi connectivity index (χ3v) is 5.75. The Balaban J connectivity index is 1.44. The van der Waals surface area contributed by atoms with Crippen LogP contribution in [-0.4, -0.2) is 29.9 Å². The minimum Gasteiger partial charge on any atom is -0.372 e. The van der Waals surface area contributed by atoms with Crippen LogP contribution < -0.4 is 15.5 Å². The number of benzene rings is 2. The molecular weight excluding hydrogens is 398 g/mol. The number of piperidine rings is 1. The number of hydrogen-bond donors (Lipinski definition) is 2. The van der Waals surface area contributed by atoms with E-state index in [1.165, 1.54) is 36.7 Å². The second-order valence-corrected chi connectivity index (χ2v) is 8.23. The molecule has 1 saturated heterocycles. The van der Waals surface area contributed by atoms with Gasteiger partial charge in [-0.05, 0) is 80.0 Å². The van der Waals surface area contributed by atoms with E-state index in [0.29, 0.717) is 10.1 Å². The van der Waals surface area contributed by atoms with Crippen molar-refractivity contribution in [3.63, 3.8) is 0 Å². The molecule has 7 heteroatoms. The van der Waals surface area contributed by atoms with Crippen molar-refractivity contribution in [3.8, 4) is 0 Å². The zero-order chi connectivity index (χ0) is 19.1. The largest absolute Gasteiger partial charge is 0.372 e. The van der Waals surface area contributed by atoms with Crippen molar-refractivity contribution < 1.29 is 4.79 Å². The lowest BCUT2D eigenvalue weighted by Gasteiger charge is -2.28. The second kappa shape index (κ2) is 9.97. The van der Waals surface area contributed by atoms with E-state index in [2.05, 4.69) is 27.7 Å². The summed E-state index contributed by atoms with van der Waals surface area (Å²) in [5.41, 5.74) is 2.10. The zero-order valence-electron chi connectivity index (χ0n) is 14.9. The van der Waals surface area contributed by atoms with Gasteiger partial charge in [0.05, 0.1) is 5.75 Å². The molecule has 0 bridgehead atoms. The highest BCUT2D eigenvalue weighted by molar-refractivity contribution is 8.00. The molecule has 0 spiro atoms. The van der Waals surface area contributed by atoms with Crippen LogP contribution in [0.1, 0.15) is 19.3 Å². The Labute approximate surface area is 174 Å². The predicted molar refractivity (Wildman–Crippen MR) is 119 cm³/mol. The highest BCUT2D eigenvalue weighted by atomic mass is 35.5. The van der Waals surface area contributed by atoms with Crippen LogP contribution in [0.2, 0.25) is 5.02 Å². The molecule has 1 heterocycles. The van der Waals surface area contributed by atoms with Gasteiger partial charge >= 0.3 is 0 Å². The molecule has 0 radical (unpaired) electrons. The Morgan fingerprint density at radius 1 is 1.04 bits per heavy atom. The van der Waals surface area contributed by atoms with Crippen molar-refractivity contribution in [2.75, 3.05) is 29.1 Å². The fourth-order valence-electron chi connectivity index (χ4n) is 2.91. The number of anilines is 2. The summed E-state index contributed by atoms with van der Waals surface area (Å²) < 4.78 is 0. The summed E-state index contributed by atoms with van der Waals surface area (Å²) in [6.07, 6.45) is 3.83. The quantitative estimate of drug-likeness (QED) is 0.531. The minimum atomic E-state index is -0.141. The van der Waals surface area contributed by atoms with E-state index in [9.17, 15) is 4.79 Å². The number of nitrogens with zero attached hydrogens (tertiary/aromatic N) is 1. The molecule has 2 aromatic rings. The van der Waals surface area contributed by atoms with Gasteiger partial charge in [-0.3, -0.25) is 4.79 Å². The smallest absolute Gasteiger partial charge is 0.236 e. The van der Waals surface area contributed by atoms with E-state index >= 15 is 0 Å². The third-order valence-electron chi connectivity index (χ3n) is 4.28. The lowest BCUT2D eigenvalue weighted by Crippen LogP contribution is -2.35. The molecule has 0 aromatic heterocycles. The SMILES string of the molecule is O=C(CSc1ccc(Cl)cc1)NC(=S)Nc1ccc(N2CCCCC2)cc1. The van der Waals surface area contributed by atoms with Gasteiger partial charge in [0.2, 0.25) is 5.91 Å². The molecule has 4 nitrogen and oxygen atoms in total. The molecule has 27 heavy (non-hydrogen) atoms. The van der Waals surface area contributed by atoms with Crippen LogP contribution >= 0.6 is 35.6 Å². The number of thioether (sulfide) groups is 1. The Kier molecular flexibility index (Phi) is 7.38. The molecule has 0 saturated carbocycles. The molecule has 2 aromatic carbocycles. The van der Waals surface area contributed by atoms with Gasteiger partial charge in [-0.1, -0.05) is 11.6 Å². The molecule has 3 rings (SSSR count). The van der Waals surface area contributed by atoms with Crippen molar-refractivity contribution in [2.24, 2.45) is 0 Å². The first-order valence-electron chi connectivity index (χ1n) is 8.94. The Hall–Kier alpha value is -1.76. The van der Waals surface area contributed by atoms with Gasteiger partial charge < -0.3 is 15.5 Å². The summed E-state index contributed by atoms with van der Waals surface area (Å²) >= 11 is 12.5. The van der Waals surface area contributed by atoms with Gasteiger partial charge in [0.25, 0.3) is 0 Å². The van der Waals surface area contributed by atoms with Crippen LogP contribution in [0.3, 0.4) is 0 Å². The minimum absolute atomic E-state index is 0.141. The van der Waals surface area contributed by atoms with E-state index in [4.69, 9.17) is 23.8 Å². The normalized spacial score (nSPS) is 13.9. The fourth-order valence-corrected chi connectivity index (χ4v) is 3.97. The zero-order valence-corrected chi connectivity index (χ0v) is 17.3. The lowest BCUT2D eigenvalue weighted by molar-refractivity contribution is -0.117. The third kappa shape index (κ3) is 6.41. The van der Waals surface area contributed by atoms with Crippen LogP contribution in [-0.2, 0) is 4.79 Å². The predicted octanol–water partition coefficient (Wildman–Crippen LogP) is 4.94. The van der Waals surface area contributed by atoms with Gasteiger partial charge in [0, 0.05) is 34.4 Å². The Bertz CT molecular complexity index is 775. The first-order chi connectivity index (χ1) is 13.1. The van der Waals surface area contributed by atoms with E-state index in [1.54, 1.807) is 0 Å². The maximum atomic E-state index is 12.1.